The molecule has 1 aromatic heterocycles. The molecule has 2 aromatic rings. The number of rotatable bonds is 6. The van der Waals surface area contributed by atoms with Crippen LogP contribution in [0.2, 0.25) is 0 Å². The maximum absolute atomic E-state index is 5.47. The Balaban J connectivity index is 2.49. The number of methoxy groups -OCH3 is 1. The predicted molar refractivity (Wildman–Crippen MR) is 86.9 cm³/mol. The number of nitrogens with one attached hydrogen (secondary N) is 1. The predicted octanol–water partition coefficient (Wildman–Crippen LogP) is 3.84. The summed E-state index contributed by atoms with van der Waals surface area (Å²) in [6.45, 7) is 7.18. The molecule has 1 heterocycles. The minimum absolute atomic E-state index is 0.808. The summed E-state index contributed by atoms with van der Waals surface area (Å²) in [5, 5.41) is 3.34. The molecule has 112 valence electrons. The van der Waals surface area contributed by atoms with Gasteiger partial charge in [0, 0.05) is 24.6 Å². The second-order valence-corrected chi connectivity index (χ2v) is 5.04. The number of aromatic nitrogens is 2. The van der Waals surface area contributed by atoms with Crippen LogP contribution in [-0.4, -0.2) is 23.6 Å². The Morgan fingerprint density at radius 2 is 1.95 bits per heavy atom. The van der Waals surface area contributed by atoms with Crippen molar-refractivity contribution in [2.75, 3.05) is 19.0 Å². The quantitative estimate of drug-likeness (QED) is 0.876. The van der Waals surface area contributed by atoms with Crippen LogP contribution in [0.15, 0.2) is 24.3 Å². The van der Waals surface area contributed by atoms with E-state index in [1.165, 1.54) is 5.56 Å². The SMILES string of the molecule is CCCNc1cc(-c2cc(C)ccc2OC)nc(CC)n1. The van der Waals surface area contributed by atoms with Crippen molar-refractivity contribution in [2.24, 2.45) is 0 Å². The summed E-state index contributed by atoms with van der Waals surface area (Å²) in [5.74, 6) is 2.56. The number of hydrogen-bond donors (Lipinski definition) is 1. The number of hydrogen-bond acceptors (Lipinski definition) is 4. The van der Waals surface area contributed by atoms with E-state index in [4.69, 9.17) is 4.74 Å². The fourth-order valence-corrected chi connectivity index (χ4v) is 2.16. The minimum atomic E-state index is 0.808. The third-order valence-electron chi connectivity index (χ3n) is 3.28. The average Bonchev–Trinajstić information content (AvgIpc) is 2.52. The van der Waals surface area contributed by atoms with Crippen LogP contribution in [0.1, 0.15) is 31.7 Å². The van der Waals surface area contributed by atoms with Crippen molar-refractivity contribution in [3.63, 3.8) is 0 Å². The molecular weight excluding hydrogens is 262 g/mol. The van der Waals surface area contributed by atoms with E-state index in [0.717, 1.165) is 48.0 Å². The van der Waals surface area contributed by atoms with Crippen LogP contribution in [0.5, 0.6) is 5.75 Å². The maximum Gasteiger partial charge on any atom is 0.131 e. The van der Waals surface area contributed by atoms with Crippen molar-refractivity contribution in [2.45, 2.75) is 33.6 Å². The summed E-state index contributed by atoms with van der Waals surface area (Å²) in [6.07, 6.45) is 1.87. The van der Waals surface area contributed by atoms with Gasteiger partial charge in [-0.3, -0.25) is 0 Å². The molecule has 0 radical (unpaired) electrons. The Labute approximate surface area is 126 Å². The van der Waals surface area contributed by atoms with Gasteiger partial charge in [-0.15, -0.1) is 0 Å². The van der Waals surface area contributed by atoms with Crippen LogP contribution in [0, 0.1) is 6.92 Å². The molecule has 0 spiro atoms. The zero-order valence-corrected chi connectivity index (χ0v) is 13.2. The van der Waals surface area contributed by atoms with E-state index in [9.17, 15) is 0 Å². The third-order valence-corrected chi connectivity index (χ3v) is 3.28. The van der Waals surface area contributed by atoms with Crippen LogP contribution in [0.3, 0.4) is 0 Å². The first-order valence-electron chi connectivity index (χ1n) is 7.44. The molecule has 4 nitrogen and oxygen atoms in total. The van der Waals surface area contributed by atoms with Crippen molar-refractivity contribution in [3.8, 4) is 17.0 Å². The summed E-state index contributed by atoms with van der Waals surface area (Å²) in [4.78, 5) is 9.18. The number of nitrogens with zero attached hydrogens (tertiary/aromatic N) is 2. The summed E-state index contributed by atoms with van der Waals surface area (Å²) in [5.41, 5.74) is 3.10. The molecule has 2 rings (SSSR count). The van der Waals surface area contributed by atoms with Crippen molar-refractivity contribution in [3.05, 3.63) is 35.7 Å². The van der Waals surface area contributed by atoms with Crippen LogP contribution >= 0.6 is 0 Å². The van der Waals surface area contributed by atoms with Crippen LogP contribution in [0.4, 0.5) is 5.82 Å². The van der Waals surface area contributed by atoms with Gasteiger partial charge < -0.3 is 10.1 Å². The molecule has 1 N–H and O–H groups in total. The molecule has 0 fully saturated rings. The van der Waals surface area contributed by atoms with Crippen molar-refractivity contribution in [1.82, 2.24) is 9.97 Å². The highest BCUT2D eigenvalue weighted by Gasteiger charge is 2.11. The standard InChI is InChI=1S/C17H23N3O/c1-5-9-18-17-11-14(19-16(6-2)20-17)13-10-12(3)7-8-15(13)21-4/h7-8,10-11H,5-6,9H2,1-4H3,(H,18,19,20). The molecule has 0 saturated carbocycles. The van der Waals surface area contributed by atoms with Crippen molar-refractivity contribution >= 4 is 5.82 Å². The number of ether oxygens (including phenoxy) is 1. The molecule has 0 aliphatic carbocycles. The van der Waals surface area contributed by atoms with E-state index >= 15 is 0 Å². The summed E-state index contributed by atoms with van der Waals surface area (Å²) in [7, 11) is 1.69. The van der Waals surface area contributed by atoms with Crippen molar-refractivity contribution in [1.29, 1.82) is 0 Å². The second-order valence-electron chi connectivity index (χ2n) is 5.04. The van der Waals surface area contributed by atoms with E-state index in [1.807, 2.05) is 18.2 Å². The van der Waals surface area contributed by atoms with Crippen molar-refractivity contribution < 1.29 is 4.74 Å². The zero-order valence-electron chi connectivity index (χ0n) is 13.2. The lowest BCUT2D eigenvalue weighted by molar-refractivity contribution is 0.416. The second kappa shape index (κ2) is 7.07. The first kappa shape index (κ1) is 15.3. The van der Waals surface area contributed by atoms with E-state index in [-0.39, 0.29) is 0 Å². The van der Waals surface area contributed by atoms with Crippen LogP contribution < -0.4 is 10.1 Å². The van der Waals surface area contributed by atoms with Gasteiger partial charge >= 0.3 is 0 Å². The average molecular weight is 285 g/mol. The highest BCUT2D eigenvalue weighted by molar-refractivity contribution is 5.70. The van der Waals surface area contributed by atoms with Gasteiger partial charge in [0.05, 0.1) is 12.8 Å². The molecule has 0 atom stereocenters. The Kier molecular flexibility index (Phi) is 5.14. The first-order valence-corrected chi connectivity index (χ1v) is 7.44. The fourth-order valence-electron chi connectivity index (χ4n) is 2.16. The Hall–Kier alpha value is -2.10. The van der Waals surface area contributed by atoms with E-state index in [2.05, 4.69) is 42.1 Å². The Morgan fingerprint density at radius 1 is 1.14 bits per heavy atom. The minimum Gasteiger partial charge on any atom is -0.496 e. The van der Waals surface area contributed by atoms with Gasteiger partial charge in [0.15, 0.2) is 0 Å². The van der Waals surface area contributed by atoms with Gasteiger partial charge in [0.1, 0.15) is 17.4 Å². The topological polar surface area (TPSA) is 47.0 Å². The largest absolute Gasteiger partial charge is 0.496 e. The number of aryl methyl sites for hydroxylation is 2. The normalized spacial score (nSPS) is 10.5. The monoisotopic (exact) mass is 285 g/mol. The molecule has 0 bridgehead atoms. The lowest BCUT2D eigenvalue weighted by Gasteiger charge is -2.12. The van der Waals surface area contributed by atoms with Gasteiger partial charge in [-0.25, -0.2) is 9.97 Å². The first-order chi connectivity index (χ1) is 10.2. The van der Waals surface area contributed by atoms with Gasteiger partial charge in [0.2, 0.25) is 0 Å². The van der Waals surface area contributed by atoms with Crippen LogP contribution in [0.25, 0.3) is 11.3 Å². The zero-order chi connectivity index (χ0) is 15.2. The summed E-state index contributed by atoms with van der Waals surface area (Å²) < 4.78 is 5.47. The summed E-state index contributed by atoms with van der Waals surface area (Å²) >= 11 is 0. The highest BCUT2D eigenvalue weighted by Crippen LogP contribution is 2.30. The Bertz CT molecular complexity index is 611. The molecular formula is C17H23N3O. The summed E-state index contributed by atoms with van der Waals surface area (Å²) in [6, 6.07) is 8.12. The molecule has 1 aromatic carbocycles. The third kappa shape index (κ3) is 3.72. The lowest BCUT2D eigenvalue weighted by atomic mass is 10.1. The molecule has 0 amide bonds. The lowest BCUT2D eigenvalue weighted by Crippen LogP contribution is -2.06. The van der Waals surface area contributed by atoms with E-state index < -0.39 is 0 Å². The maximum atomic E-state index is 5.47. The smallest absolute Gasteiger partial charge is 0.131 e. The molecule has 4 heteroatoms. The molecule has 0 aliphatic heterocycles. The number of benzene rings is 1. The van der Waals surface area contributed by atoms with Gasteiger partial charge in [-0.2, -0.15) is 0 Å². The molecule has 0 aliphatic rings. The van der Waals surface area contributed by atoms with Gasteiger partial charge in [-0.1, -0.05) is 25.5 Å². The molecule has 0 saturated heterocycles. The highest BCUT2D eigenvalue weighted by atomic mass is 16.5. The Morgan fingerprint density at radius 3 is 2.62 bits per heavy atom. The van der Waals surface area contributed by atoms with Gasteiger partial charge in [0.25, 0.3) is 0 Å². The van der Waals surface area contributed by atoms with Gasteiger partial charge in [-0.05, 0) is 25.5 Å². The molecule has 0 unspecified atom stereocenters. The fraction of sp³-hybridized carbons (Fsp3) is 0.412. The molecule has 21 heavy (non-hydrogen) atoms. The van der Waals surface area contributed by atoms with Crippen LogP contribution in [-0.2, 0) is 6.42 Å². The van der Waals surface area contributed by atoms with E-state index in [1.54, 1.807) is 7.11 Å². The number of anilines is 1. The van der Waals surface area contributed by atoms with E-state index in [0.29, 0.717) is 0 Å².